The first-order valence-electron chi connectivity index (χ1n) is 8.07. The van der Waals surface area contributed by atoms with Crippen molar-refractivity contribution >= 4 is 5.69 Å². The minimum Gasteiger partial charge on any atom is -0.361 e. The summed E-state index contributed by atoms with van der Waals surface area (Å²) >= 11 is 0. The lowest BCUT2D eigenvalue weighted by Crippen LogP contribution is -2.26. The third-order valence-corrected chi connectivity index (χ3v) is 4.60. The summed E-state index contributed by atoms with van der Waals surface area (Å²) in [7, 11) is 0. The van der Waals surface area contributed by atoms with Gasteiger partial charge in [-0.15, -0.1) is 0 Å². The number of hydrogen-bond donors (Lipinski definition) is 0. The number of hydrogen-bond acceptors (Lipinski definition) is 4. The molecule has 2 aliphatic heterocycles. The second-order valence-corrected chi connectivity index (χ2v) is 5.95. The molecule has 5 heteroatoms. The maximum absolute atomic E-state index is 4.72. The first-order chi connectivity index (χ1) is 10.9. The summed E-state index contributed by atoms with van der Waals surface area (Å²) in [5, 5.41) is 4.72. The van der Waals surface area contributed by atoms with Crippen LogP contribution in [0.5, 0.6) is 0 Å². The number of nitrogens with zero attached hydrogens (tertiary/aromatic N) is 5. The molecule has 0 saturated carbocycles. The molecule has 2 fully saturated rings. The lowest BCUT2D eigenvalue weighted by atomic mass is 10.1. The third kappa shape index (κ3) is 2.46. The molecule has 22 heavy (non-hydrogen) atoms. The quantitative estimate of drug-likeness (QED) is 0.873. The lowest BCUT2D eigenvalue weighted by molar-refractivity contribution is 0.607. The SMILES string of the molecule is c1cnc(C2CCC[N]2)c(N2CCCC2c2cnccn2)c1. The van der Waals surface area contributed by atoms with Crippen molar-refractivity contribution in [3.05, 3.63) is 48.3 Å². The summed E-state index contributed by atoms with van der Waals surface area (Å²) in [5.41, 5.74) is 3.42. The molecule has 4 heterocycles. The summed E-state index contributed by atoms with van der Waals surface area (Å²) < 4.78 is 0. The van der Waals surface area contributed by atoms with Crippen LogP contribution in [0.25, 0.3) is 0 Å². The fraction of sp³-hybridized carbons (Fsp3) is 0.471. The number of anilines is 1. The molecule has 0 spiro atoms. The van der Waals surface area contributed by atoms with Gasteiger partial charge in [-0.2, -0.15) is 0 Å². The first-order valence-corrected chi connectivity index (χ1v) is 8.07. The van der Waals surface area contributed by atoms with E-state index in [4.69, 9.17) is 5.32 Å². The summed E-state index contributed by atoms with van der Waals surface area (Å²) in [5.74, 6) is 0. The van der Waals surface area contributed by atoms with Gasteiger partial charge in [0.1, 0.15) is 0 Å². The third-order valence-electron chi connectivity index (χ3n) is 4.60. The predicted molar refractivity (Wildman–Crippen MR) is 84.6 cm³/mol. The van der Waals surface area contributed by atoms with Gasteiger partial charge in [-0.25, -0.2) is 5.32 Å². The molecule has 5 nitrogen and oxygen atoms in total. The fourth-order valence-electron chi connectivity index (χ4n) is 3.60. The Balaban J connectivity index is 1.69. The van der Waals surface area contributed by atoms with E-state index in [1.165, 1.54) is 18.5 Å². The smallest absolute Gasteiger partial charge is 0.0822 e. The highest BCUT2D eigenvalue weighted by molar-refractivity contribution is 5.54. The Morgan fingerprint density at radius 1 is 1.05 bits per heavy atom. The van der Waals surface area contributed by atoms with Crippen LogP contribution >= 0.6 is 0 Å². The molecule has 0 aliphatic carbocycles. The van der Waals surface area contributed by atoms with Crippen molar-refractivity contribution in [2.45, 2.75) is 37.8 Å². The van der Waals surface area contributed by atoms with Gasteiger partial charge in [-0.05, 0) is 37.8 Å². The standard InChI is InChI=1S/C17H20N5/c1-4-13(19-7-1)17-16(5-2-8-21-17)22-11-3-6-15(22)14-12-18-9-10-20-14/h2,5,8-10,12-13,15H,1,3-4,6-7,11H2. The normalized spacial score (nSPS) is 24.8. The molecule has 0 N–H and O–H groups in total. The lowest BCUT2D eigenvalue weighted by Gasteiger charge is -2.29. The van der Waals surface area contributed by atoms with Gasteiger partial charge in [0.2, 0.25) is 0 Å². The number of pyridine rings is 1. The molecule has 113 valence electrons. The van der Waals surface area contributed by atoms with Crippen LogP contribution in [0.15, 0.2) is 36.9 Å². The Bertz CT molecular complexity index is 624. The minimum atomic E-state index is 0.263. The van der Waals surface area contributed by atoms with Gasteiger partial charge in [0.05, 0.1) is 35.4 Å². The van der Waals surface area contributed by atoms with Gasteiger partial charge in [-0.3, -0.25) is 15.0 Å². The predicted octanol–water partition coefficient (Wildman–Crippen LogP) is 2.65. The molecule has 0 aromatic carbocycles. The molecule has 2 aliphatic rings. The van der Waals surface area contributed by atoms with Crippen molar-refractivity contribution in [2.24, 2.45) is 0 Å². The Morgan fingerprint density at radius 3 is 2.86 bits per heavy atom. The van der Waals surface area contributed by atoms with E-state index >= 15 is 0 Å². The Hall–Kier alpha value is -2.01. The summed E-state index contributed by atoms with van der Waals surface area (Å²) in [4.78, 5) is 15.9. The van der Waals surface area contributed by atoms with E-state index in [9.17, 15) is 0 Å². The van der Waals surface area contributed by atoms with Gasteiger partial charge in [0.15, 0.2) is 0 Å². The second kappa shape index (κ2) is 6.01. The maximum Gasteiger partial charge on any atom is 0.0822 e. The zero-order chi connectivity index (χ0) is 14.8. The van der Waals surface area contributed by atoms with Crippen molar-refractivity contribution in [2.75, 3.05) is 18.0 Å². The van der Waals surface area contributed by atoms with E-state index < -0.39 is 0 Å². The fourth-order valence-corrected chi connectivity index (χ4v) is 3.60. The van der Waals surface area contributed by atoms with E-state index in [1.807, 2.05) is 18.5 Å². The van der Waals surface area contributed by atoms with Crippen molar-refractivity contribution < 1.29 is 0 Å². The molecule has 1 radical (unpaired) electrons. The van der Waals surface area contributed by atoms with Gasteiger partial charge in [0.25, 0.3) is 0 Å². The zero-order valence-electron chi connectivity index (χ0n) is 12.6. The van der Waals surface area contributed by atoms with Crippen LogP contribution < -0.4 is 10.2 Å². The van der Waals surface area contributed by atoms with Crippen molar-refractivity contribution in [3.63, 3.8) is 0 Å². The molecule has 2 saturated heterocycles. The Morgan fingerprint density at radius 2 is 2.05 bits per heavy atom. The zero-order valence-corrected chi connectivity index (χ0v) is 12.6. The first kappa shape index (κ1) is 13.6. The van der Waals surface area contributed by atoms with Crippen LogP contribution in [-0.2, 0) is 0 Å². The molecule has 2 atom stereocenters. The maximum atomic E-state index is 4.72. The highest BCUT2D eigenvalue weighted by atomic mass is 15.2. The van der Waals surface area contributed by atoms with Crippen LogP contribution in [0, 0.1) is 0 Å². The van der Waals surface area contributed by atoms with Crippen LogP contribution in [0.2, 0.25) is 0 Å². The van der Waals surface area contributed by atoms with Gasteiger partial charge >= 0.3 is 0 Å². The van der Waals surface area contributed by atoms with E-state index in [-0.39, 0.29) is 6.04 Å². The van der Waals surface area contributed by atoms with Crippen LogP contribution in [-0.4, -0.2) is 28.0 Å². The van der Waals surface area contributed by atoms with Crippen LogP contribution in [0.4, 0.5) is 5.69 Å². The molecular weight excluding hydrogens is 274 g/mol. The number of rotatable bonds is 3. The molecule has 4 rings (SSSR count). The van der Waals surface area contributed by atoms with Gasteiger partial charge < -0.3 is 4.90 Å². The largest absolute Gasteiger partial charge is 0.361 e. The summed E-state index contributed by atoms with van der Waals surface area (Å²) in [6, 6.07) is 4.78. The average molecular weight is 294 g/mol. The van der Waals surface area contributed by atoms with E-state index in [2.05, 4.69) is 25.9 Å². The monoisotopic (exact) mass is 294 g/mol. The molecule has 0 bridgehead atoms. The van der Waals surface area contributed by atoms with E-state index in [1.54, 1.807) is 12.4 Å². The van der Waals surface area contributed by atoms with Gasteiger partial charge in [-0.1, -0.05) is 0 Å². The minimum absolute atomic E-state index is 0.263. The van der Waals surface area contributed by atoms with Crippen molar-refractivity contribution in [1.82, 2.24) is 20.3 Å². The summed E-state index contributed by atoms with van der Waals surface area (Å²) in [6.07, 6.45) is 11.9. The van der Waals surface area contributed by atoms with E-state index in [0.717, 1.165) is 37.3 Å². The van der Waals surface area contributed by atoms with Crippen LogP contribution in [0.1, 0.15) is 49.2 Å². The highest BCUT2D eigenvalue weighted by Gasteiger charge is 2.31. The molecule has 2 aromatic heterocycles. The second-order valence-electron chi connectivity index (χ2n) is 5.95. The molecular formula is C17H20N5. The Labute approximate surface area is 130 Å². The van der Waals surface area contributed by atoms with Crippen molar-refractivity contribution in [1.29, 1.82) is 0 Å². The molecule has 0 amide bonds. The molecule has 2 unspecified atom stereocenters. The highest BCUT2D eigenvalue weighted by Crippen LogP contribution is 2.39. The van der Waals surface area contributed by atoms with Crippen LogP contribution in [0.3, 0.4) is 0 Å². The van der Waals surface area contributed by atoms with Gasteiger partial charge in [0, 0.05) is 31.7 Å². The van der Waals surface area contributed by atoms with E-state index in [0.29, 0.717) is 6.04 Å². The number of aromatic nitrogens is 3. The topological polar surface area (TPSA) is 56.0 Å². The average Bonchev–Trinajstić information content (AvgIpc) is 3.27. The Kier molecular flexibility index (Phi) is 3.72. The molecule has 2 aromatic rings. The summed E-state index contributed by atoms with van der Waals surface area (Å²) in [6.45, 7) is 2.01. The van der Waals surface area contributed by atoms with Crippen molar-refractivity contribution in [3.8, 4) is 0 Å².